The molecule has 2 heterocycles. The Kier molecular flexibility index (Phi) is 6.73. The van der Waals surface area contributed by atoms with Crippen molar-refractivity contribution < 1.29 is 18.0 Å². The van der Waals surface area contributed by atoms with Gasteiger partial charge in [0, 0.05) is 25.1 Å². The molecule has 1 aromatic heterocycles. The molecule has 1 unspecified atom stereocenters. The smallest absolute Gasteiger partial charge is 0.284 e. The molecule has 2 aromatic carbocycles. The molecule has 0 radical (unpaired) electrons. The molecule has 0 bridgehead atoms. The number of carbonyl (C=O) groups is 1. The summed E-state index contributed by atoms with van der Waals surface area (Å²) in [5.74, 6) is 0.204. The van der Waals surface area contributed by atoms with E-state index in [-0.39, 0.29) is 6.42 Å². The van der Waals surface area contributed by atoms with E-state index in [2.05, 4.69) is 25.1 Å². The maximum Gasteiger partial charge on any atom is 0.389 e. The Morgan fingerprint density at radius 1 is 1.21 bits per heavy atom. The minimum Gasteiger partial charge on any atom is -0.284 e. The van der Waals surface area contributed by atoms with Gasteiger partial charge in [0.05, 0.1) is 25.8 Å². The molecule has 1 aliphatic heterocycles. The molecule has 6 nitrogen and oxygen atoms in total. The van der Waals surface area contributed by atoms with E-state index in [0.717, 1.165) is 25.9 Å². The van der Waals surface area contributed by atoms with E-state index in [1.807, 2.05) is 19.1 Å². The highest BCUT2D eigenvalue weighted by molar-refractivity contribution is 8.30. The van der Waals surface area contributed by atoms with Crippen LogP contribution in [0.1, 0.15) is 33.8 Å². The van der Waals surface area contributed by atoms with Crippen LogP contribution in [0.25, 0.3) is 10.2 Å². The predicted octanol–water partition coefficient (Wildman–Crippen LogP) is 6.47. The summed E-state index contributed by atoms with van der Waals surface area (Å²) in [6.45, 7) is 4.25. The number of nitrogens with zero attached hydrogens (tertiary/aromatic N) is 5. The lowest BCUT2D eigenvalue weighted by atomic mass is 10.1. The number of thiol groups is 1. The molecule has 1 atom stereocenters. The zero-order valence-electron chi connectivity index (χ0n) is 17.9. The van der Waals surface area contributed by atoms with Gasteiger partial charge >= 0.3 is 12.1 Å². The molecular weight excluding hydrogens is 471 g/mol. The first kappa shape index (κ1) is 23.3. The fourth-order valence-corrected chi connectivity index (χ4v) is 6.73. The molecule has 0 saturated heterocycles. The van der Waals surface area contributed by atoms with Crippen molar-refractivity contribution in [1.29, 1.82) is 0 Å². The zero-order valence-corrected chi connectivity index (χ0v) is 19.6. The van der Waals surface area contributed by atoms with Crippen molar-refractivity contribution in [1.82, 2.24) is 9.90 Å². The Morgan fingerprint density at radius 2 is 2.03 bits per heavy atom. The van der Waals surface area contributed by atoms with Gasteiger partial charge in [-0.15, -0.1) is 11.3 Å². The molecule has 1 amide bonds. The van der Waals surface area contributed by atoms with E-state index in [1.165, 1.54) is 0 Å². The number of rotatable bonds is 5. The number of halogens is 3. The fourth-order valence-electron chi connectivity index (χ4n) is 3.56. The third kappa shape index (κ3) is 5.73. The van der Waals surface area contributed by atoms with E-state index in [0.29, 0.717) is 28.4 Å². The number of hydrogen-bond acceptors (Lipinski definition) is 5. The Bertz CT molecular complexity index is 1310. The van der Waals surface area contributed by atoms with Gasteiger partial charge in [-0.1, -0.05) is 0 Å². The number of aryl methyl sites for hydroxylation is 2. The van der Waals surface area contributed by atoms with Gasteiger partial charge in [0.25, 0.3) is 0 Å². The number of thiazole rings is 1. The van der Waals surface area contributed by atoms with Crippen LogP contribution < -0.4 is 4.91 Å². The van der Waals surface area contributed by atoms with Gasteiger partial charge in [-0.3, -0.25) is 9.79 Å². The molecule has 0 saturated carbocycles. The number of amides is 1. The van der Waals surface area contributed by atoms with Gasteiger partial charge in [0.2, 0.25) is 10.0 Å². The first-order valence-corrected chi connectivity index (χ1v) is 12.6. The van der Waals surface area contributed by atoms with E-state index in [1.54, 1.807) is 42.5 Å². The van der Waals surface area contributed by atoms with Gasteiger partial charge in [-0.2, -0.15) is 24.1 Å². The molecule has 1 aliphatic rings. The second kappa shape index (κ2) is 9.54. The largest absolute Gasteiger partial charge is 0.389 e. The second-order valence-corrected chi connectivity index (χ2v) is 11.1. The van der Waals surface area contributed by atoms with Crippen molar-refractivity contribution in [3.05, 3.63) is 52.5 Å². The summed E-state index contributed by atoms with van der Waals surface area (Å²) in [5.41, 5.74) is 2.44. The van der Waals surface area contributed by atoms with E-state index in [9.17, 15) is 18.0 Å². The predicted molar refractivity (Wildman–Crippen MR) is 126 cm³/mol. The number of aliphatic imine (C=N–C) groups is 1. The lowest BCUT2D eigenvalue weighted by Crippen LogP contribution is -2.10. The maximum absolute atomic E-state index is 12.6. The number of carbonyl (C=O) groups excluding carboxylic acids is 1. The van der Waals surface area contributed by atoms with Crippen molar-refractivity contribution in [2.45, 2.75) is 37.8 Å². The van der Waals surface area contributed by atoms with Crippen molar-refractivity contribution >= 4 is 49.1 Å². The highest BCUT2D eigenvalue weighted by Gasteiger charge is 2.30. The van der Waals surface area contributed by atoms with Gasteiger partial charge in [-0.25, -0.2) is 4.98 Å². The SMILES string of the molecule is Cc1nc2cc(N=[N+]=NC(=O)c3ccc([SH]4CCN=C4CCC(F)(F)F)cc3C)ccc2s1. The molecule has 33 heavy (non-hydrogen) atoms. The highest BCUT2D eigenvalue weighted by Crippen LogP contribution is 2.44. The minimum absolute atomic E-state index is 0.0725. The standard InChI is InChI=1S/C22H21F3N5OS2/c1-13-11-16(33-10-9-26-20(33)7-8-22(23,24)25)4-5-17(13)21(31)29-30-28-15-3-6-19-18(12-15)27-14(2)32-19/h3-6,11-12,33H,7-10H2,1-2H3/q+1. The third-order valence-electron chi connectivity index (χ3n) is 5.09. The topological polar surface area (TPSA) is 81.1 Å². The van der Waals surface area contributed by atoms with Gasteiger partial charge in [0.15, 0.2) is 10.8 Å². The van der Waals surface area contributed by atoms with Crippen LogP contribution >= 0.6 is 22.2 Å². The summed E-state index contributed by atoms with van der Waals surface area (Å²) in [5, 5.41) is 9.27. The fraction of sp³-hybridized carbons (Fsp3) is 0.318. The van der Waals surface area contributed by atoms with Crippen molar-refractivity contribution in [2.24, 2.45) is 15.2 Å². The summed E-state index contributed by atoms with van der Waals surface area (Å²) in [6, 6.07) is 10.7. The van der Waals surface area contributed by atoms with Crippen LogP contribution in [0.3, 0.4) is 0 Å². The first-order chi connectivity index (χ1) is 15.7. The Balaban J connectivity index is 1.47. The van der Waals surface area contributed by atoms with Crippen LogP contribution in [0.4, 0.5) is 18.9 Å². The number of fused-ring (bicyclic) bond motifs is 1. The van der Waals surface area contributed by atoms with E-state index < -0.39 is 29.4 Å². The monoisotopic (exact) mass is 492 g/mol. The van der Waals surface area contributed by atoms with Crippen LogP contribution in [0, 0.1) is 13.8 Å². The summed E-state index contributed by atoms with van der Waals surface area (Å²) < 4.78 is 38.9. The first-order valence-electron chi connectivity index (χ1n) is 10.2. The molecule has 11 heteroatoms. The summed E-state index contributed by atoms with van der Waals surface area (Å²) in [6.07, 6.45) is -5.13. The molecule has 172 valence electrons. The van der Waals surface area contributed by atoms with Crippen molar-refractivity contribution in [3.63, 3.8) is 0 Å². The summed E-state index contributed by atoms with van der Waals surface area (Å²) in [4.78, 5) is 25.8. The third-order valence-corrected chi connectivity index (χ3v) is 8.58. The van der Waals surface area contributed by atoms with Crippen LogP contribution in [0.5, 0.6) is 0 Å². The van der Waals surface area contributed by atoms with Gasteiger partial charge in [-0.05, 0) is 60.7 Å². The molecule has 0 aliphatic carbocycles. The molecule has 0 N–H and O–H groups in total. The second-order valence-electron chi connectivity index (χ2n) is 7.54. The molecule has 0 fully saturated rings. The zero-order chi connectivity index (χ0) is 23.6. The number of benzene rings is 2. The number of aromatic nitrogens is 1. The van der Waals surface area contributed by atoms with Gasteiger partial charge < -0.3 is 0 Å². The van der Waals surface area contributed by atoms with E-state index in [4.69, 9.17) is 0 Å². The average Bonchev–Trinajstić information content (AvgIpc) is 3.36. The number of hydrogen-bond donors (Lipinski definition) is 1. The summed E-state index contributed by atoms with van der Waals surface area (Å²) in [7, 11) is -0.898. The van der Waals surface area contributed by atoms with Crippen LogP contribution in [-0.4, -0.2) is 34.4 Å². The minimum atomic E-state index is -4.20. The Labute approximate surface area is 194 Å². The Hall–Kier alpha value is -2.88. The van der Waals surface area contributed by atoms with Crippen LogP contribution in [-0.2, 0) is 0 Å². The maximum atomic E-state index is 12.6. The van der Waals surface area contributed by atoms with Crippen LogP contribution in [0.15, 0.2) is 56.5 Å². The van der Waals surface area contributed by atoms with E-state index >= 15 is 0 Å². The van der Waals surface area contributed by atoms with Crippen molar-refractivity contribution in [2.75, 3.05) is 12.3 Å². The van der Waals surface area contributed by atoms with Crippen LogP contribution in [0.2, 0.25) is 0 Å². The van der Waals surface area contributed by atoms with Crippen molar-refractivity contribution in [3.8, 4) is 0 Å². The Morgan fingerprint density at radius 3 is 2.79 bits per heavy atom. The lowest BCUT2D eigenvalue weighted by Gasteiger charge is -2.19. The quantitative estimate of drug-likeness (QED) is 0.252. The molecule has 3 aromatic rings. The molecule has 4 rings (SSSR count). The highest BCUT2D eigenvalue weighted by atomic mass is 32.2. The molecule has 0 spiro atoms. The lowest BCUT2D eigenvalue weighted by molar-refractivity contribution is -0.132. The normalized spacial score (nSPS) is 17.0. The van der Waals surface area contributed by atoms with Gasteiger partial charge in [0.1, 0.15) is 0 Å². The average molecular weight is 493 g/mol. The summed E-state index contributed by atoms with van der Waals surface area (Å²) >= 11 is 1.59. The molecular formula is C22H21F3N5OS2+. The number of alkyl halides is 3.